The molecule has 0 aliphatic heterocycles. The molecule has 0 saturated heterocycles. The normalized spacial score (nSPS) is 11.7. The largest absolute Gasteiger partial charge is 0.379 e. The first-order valence-corrected chi connectivity index (χ1v) is 7.17. The Morgan fingerprint density at radius 2 is 2.00 bits per heavy atom. The van der Waals surface area contributed by atoms with Gasteiger partial charge in [0.05, 0.1) is 0 Å². The van der Waals surface area contributed by atoms with Crippen LogP contribution in [-0.4, -0.2) is 0 Å². The van der Waals surface area contributed by atoms with Gasteiger partial charge in [-0.15, -0.1) is 11.3 Å². The summed E-state index contributed by atoms with van der Waals surface area (Å²) in [6.07, 6.45) is 0. The van der Waals surface area contributed by atoms with Crippen molar-refractivity contribution in [1.29, 1.82) is 0 Å². The van der Waals surface area contributed by atoms with Crippen molar-refractivity contribution >= 4 is 28.4 Å². The predicted molar refractivity (Wildman–Crippen MR) is 74.7 cm³/mol. The number of hydrogen-bond donors (Lipinski definition) is 1. The zero-order chi connectivity index (χ0) is 11.6. The molecule has 0 radical (unpaired) electrons. The molecule has 0 saturated carbocycles. The van der Waals surface area contributed by atoms with Crippen LogP contribution in [0.2, 0.25) is 0 Å². The summed E-state index contributed by atoms with van der Waals surface area (Å²) in [5, 5.41) is 7.66. The quantitative estimate of drug-likeness (QED) is 0.832. The second kappa shape index (κ2) is 4.60. The third-order valence-corrected chi connectivity index (χ3v) is 4.58. The fourth-order valence-corrected chi connectivity index (χ4v) is 3.05. The van der Waals surface area contributed by atoms with Crippen molar-refractivity contribution in [1.82, 2.24) is 0 Å². The Kier molecular flexibility index (Phi) is 3.36. The van der Waals surface area contributed by atoms with Crippen LogP contribution in [0.1, 0.15) is 30.5 Å². The Morgan fingerprint density at radius 3 is 2.56 bits per heavy atom. The Hall–Kier alpha value is -0.800. The maximum atomic E-state index is 3.43. The minimum atomic E-state index is 0.269. The molecule has 2 heterocycles. The molecule has 1 nitrogen and oxygen atoms in total. The average molecular weight is 251 g/mol. The van der Waals surface area contributed by atoms with Gasteiger partial charge in [-0.25, -0.2) is 0 Å². The molecule has 0 fully saturated rings. The molecule has 0 aromatic carbocycles. The van der Waals surface area contributed by atoms with E-state index in [1.807, 2.05) is 11.3 Å². The van der Waals surface area contributed by atoms with Crippen molar-refractivity contribution < 1.29 is 0 Å². The van der Waals surface area contributed by atoms with Crippen LogP contribution >= 0.6 is 22.7 Å². The number of thiophene rings is 2. The molecule has 0 unspecified atom stereocenters. The molecule has 2 aromatic heterocycles. The third-order valence-electron chi connectivity index (χ3n) is 2.39. The first kappa shape index (κ1) is 11.7. The van der Waals surface area contributed by atoms with E-state index in [9.17, 15) is 0 Å². The highest BCUT2D eigenvalue weighted by Gasteiger charge is 2.15. The smallest absolute Gasteiger partial charge is 0.0494 e. The molecular weight excluding hydrogens is 234 g/mol. The van der Waals surface area contributed by atoms with Crippen molar-refractivity contribution in [3.05, 3.63) is 38.7 Å². The number of anilines is 1. The highest BCUT2D eigenvalue weighted by Crippen LogP contribution is 2.29. The monoisotopic (exact) mass is 251 g/mol. The van der Waals surface area contributed by atoms with Gasteiger partial charge in [0.2, 0.25) is 0 Å². The topological polar surface area (TPSA) is 12.0 Å². The van der Waals surface area contributed by atoms with Crippen molar-refractivity contribution in [2.24, 2.45) is 0 Å². The Labute approximate surface area is 105 Å². The van der Waals surface area contributed by atoms with Gasteiger partial charge in [-0.2, -0.15) is 11.3 Å². The summed E-state index contributed by atoms with van der Waals surface area (Å²) in [6, 6.07) is 6.59. The molecule has 0 aliphatic carbocycles. The molecule has 2 aromatic rings. The molecule has 1 N–H and O–H groups in total. The van der Waals surface area contributed by atoms with Gasteiger partial charge in [0, 0.05) is 27.4 Å². The molecule has 0 atom stereocenters. The van der Waals surface area contributed by atoms with Gasteiger partial charge in [0.1, 0.15) is 0 Å². The second-order valence-electron chi connectivity index (χ2n) is 4.88. The van der Waals surface area contributed by atoms with E-state index in [1.54, 1.807) is 11.3 Å². The summed E-state index contributed by atoms with van der Waals surface area (Å²) < 4.78 is 0. The van der Waals surface area contributed by atoms with E-state index in [4.69, 9.17) is 0 Å². The fraction of sp³-hybridized carbons (Fsp3) is 0.385. The van der Waals surface area contributed by atoms with Gasteiger partial charge in [-0.05, 0) is 29.0 Å². The molecule has 16 heavy (non-hydrogen) atoms. The maximum Gasteiger partial charge on any atom is 0.0494 e. The van der Waals surface area contributed by atoms with E-state index in [2.05, 4.69) is 55.0 Å². The van der Waals surface area contributed by atoms with Gasteiger partial charge < -0.3 is 5.32 Å². The summed E-state index contributed by atoms with van der Waals surface area (Å²) in [4.78, 5) is 2.85. The highest BCUT2D eigenvalue weighted by molar-refractivity contribution is 7.12. The highest BCUT2D eigenvalue weighted by atomic mass is 32.1. The summed E-state index contributed by atoms with van der Waals surface area (Å²) >= 11 is 3.63. The van der Waals surface area contributed by atoms with Crippen LogP contribution in [-0.2, 0) is 12.0 Å². The van der Waals surface area contributed by atoms with E-state index >= 15 is 0 Å². The second-order valence-corrected chi connectivity index (χ2v) is 6.83. The lowest BCUT2D eigenvalue weighted by atomic mass is 9.95. The first-order chi connectivity index (χ1) is 7.55. The van der Waals surface area contributed by atoms with Crippen LogP contribution < -0.4 is 5.32 Å². The van der Waals surface area contributed by atoms with Gasteiger partial charge in [-0.3, -0.25) is 0 Å². The van der Waals surface area contributed by atoms with E-state index in [-0.39, 0.29) is 5.41 Å². The Morgan fingerprint density at radius 1 is 1.19 bits per heavy atom. The summed E-state index contributed by atoms with van der Waals surface area (Å²) in [6.45, 7) is 7.70. The Balaban J connectivity index is 1.98. The molecule has 0 bridgehead atoms. The zero-order valence-electron chi connectivity index (χ0n) is 9.91. The molecular formula is C13H17NS2. The van der Waals surface area contributed by atoms with E-state index in [0.717, 1.165) is 6.54 Å². The summed E-state index contributed by atoms with van der Waals surface area (Å²) in [5.41, 5.74) is 1.49. The van der Waals surface area contributed by atoms with Crippen LogP contribution in [0.25, 0.3) is 0 Å². The molecule has 0 amide bonds. The van der Waals surface area contributed by atoms with Crippen LogP contribution in [0.4, 0.5) is 5.69 Å². The van der Waals surface area contributed by atoms with Crippen molar-refractivity contribution in [2.75, 3.05) is 5.32 Å². The van der Waals surface area contributed by atoms with Crippen molar-refractivity contribution in [3.8, 4) is 0 Å². The lowest BCUT2D eigenvalue weighted by Gasteiger charge is -2.15. The summed E-state index contributed by atoms with van der Waals surface area (Å²) in [5.74, 6) is 0. The first-order valence-electron chi connectivity index (χ1n) is 5.41. The molecule has 0 aliphatic rings. The van der Waals surface area contributed by atoms with Crippen molar-refractivity contribution in [2.45, 2.75) is 32.7 Å². The van der Waals surface area contributed by atoms with E-state index in [0.29, 0.717) is 0 Å². The third kappa shape index (κ3) is 2.86. The van der Waals surface area contributed by atoms with Crippen LogP contribution in [0, 0.1) is 0 Å². The number of rotatable bonds is 3. The lowest BCUT2D eigenvalue weighted by Crippen LogP contribution is -2.07. The van der Waals surface area contributed by atoms with Crippen LogP contribution in [0.3, 0.4) is 0 Å². The number of nitrogens with one attached hydrogen (secondary N) is 1. The van der Waals surface area contributed by atoms with Gasteiger partial charge >= 0.3 is 0 Å². The minimum Gasteiger partial charge on any atom is -0.379 e. The predicted octanol–water partition coefficient (Wildman–Crippen LogP) is 4.72. The molecule has 2 rings (SSSR count). The van der Waals surface area contributed by atoms with E-state index < -0.39 is 0 Å². The maximum absolute atomic E-state index is 3.43. The van der Waals surface area contributed by atoms with Gasteiger partial charge in [0.25, 0.3) is 0 Å². The van der Waals surface area contributed by atoms with E-state index in [1.165, 1.54) is 15.4 Å². The fourth-order valence-electron chi connectivity index (χ4n) is 1.43. The van der Waals surface area contributed by atoms with Crippen LogP contribution in [0.15, 0.2) is 29.0 Å². The van der Waals surface area contributed by atoms with Gasteiger partial charge in [-0.1, -0.05) is 20.8 Å². The SMILES string of the molecule is CC(C)(C)c1ccc(CNc2ccsc2)s1. The standard InChI is InChI=1S/C13H17NS2/c1-13(2,3)12-5-4-11(16-12)8-14-10-6-7-15-9-10/h4-7,9,14H,8H2,1-3H3. The van der Waals surface area contributed by atoms with Gasteiger partial charge in [0.15, 0.2) is 0 Å². The summed E-state index contributed by atoms with van der Waals surface area (Å²) in [7, 11) is 0. The molecule has 3 heteroatoms. The van der Waals surface area contributed by atoms with Crippen molar-refractivity contribution in [3.63, 3.8) is 0 Å². The molecule has 86 valence electrons. The zero-order valence-corrected chi connectivity index (χ0v) is 11.5. The Bertz CT molecular complexity index is 435. The number of hydrogen-bond acceptors (Lipinski definition) is 3. The minimum absolute atomic E-state index is 0.269. The molecule has 0 spiro atoms. The average Bonchev–Trinajstić information content (AvgIpc) is 2.85. The van der Waals surface area contributed by atoms with Crippen LogP contribution in [0.5, 0.6) is 0 Å². The lowest BCUT2D eigenvalue weighted by molar-refractivity contribution is 0.604.